The second-order valence-electron chi connectivity index (χ2n) is 6.52. The van der Waals surface area contributed by atoms with Crippen LogP contribution in [-0.4, -0.2) is 44.0 Å². The third-order valence-corrected chi connectivity index (χ3v) is 4.65. The maximum Gasteiger partial charge on any atom is 0.238 e. The first-order valence-electron chi connectivity index (χ1n) is 8.70. The number of hydrogen-bond acceptors (Lipinski definition) is 3. The second kappa shape index (κ2) is 8.18. The van der Waals surface area contributed by atoms with Gasteiger partial charge in [0.2, 0.25) is 11.8 Å². The molecule has 0 heterocycles. The van der Waals surface area contributed by atoms with Crippen molar-refractivity contribution in [2.24, 2.45) is 5.41 Å². The normalized spacial score (nSPS) is 14.8. The minimum absolute atomic E-state index is 0.0297. The number of rotatable bonds is 9. The molecule has 0 atom stereocenters. The maximum atomic E-state index is 12.5. The predicted molar refractivity (Wildman–Crippen MR) is 93.9 cm³/mol. The molecule has 132 valence electrons. The van der Waals surface area contributed by atoms with E-state index in [1.54, 1.807) is 19.1 Å². The highest BCUT2D eigenvalue weighted by atomic mass is 16.5. The summed E-state index contributed by atoms with van der Waals surface area (Å²) in [6.45, 7) is 3.35. The summed E-state index contributed by atoms with van der Waals surface area (Å²) in [5.74, 6) is 0.669. The lowest BCUT2D eigenvalue weighted by atomic mass is 10.0. The lowest BCUT2D eigenvalue weighted by Gasteiger charge is -2.23. The van der Waals surface area contributed by atoms with Gasteiger partial charge in [0.25, 0.3) is 0 Å². The van der Waals surface area contributed by atoms with Crippen molar-refractivity contribution in [1.29, 1.82) is 0 Å². The zero-order valence-electron chi connectivity index (χ0n) is 14.9. The molecule has 24 heavy (non-hydrogen) atoms. The zero-order chi connectivity index (χ0) is 17.6. The molecule has 2 amide bonds. The van der Waals surface area contributed by atoms with Gasteiger partial charge in [-0.05, 0) is 43.4 Å². The summed E-state index contributed by atoms with van der Waals surface area (Å²) in [5, 5.41) is 2.94. The van der Waals surface area contributed by atoms with E-state index in [-0.39, 0.29) is 11.8 Å². The van der Waals surface area contributed by atoms with Crippen molar-refractivity contribution in [2.45, 2.75) is 39.0 Å². The molecule has 0 unspecified atom stereocenters. The molecule has 1 aromatic carbocycles. The Morgan fingerprint density at radius 1 is 1.25 bits per heavy atom. The Morgan fingerprint density at radius 3 is 2.46 bits per heavy atom. The highest BCUT2D eigenvalue weighted by Gasteiger charge is 2.57. The number of methoxy groups -OCH3 is 1. The topological polar surface area (TPSA) is 58.6 Å². The van der Waals surface area contributed by atoms with Crippen molar-refractivity contribution in [3.8, 4) is 5.75 Å². The van der Waals surface area contributed by atoms with Crippen LogP contribution in [0.2, 0.25) is 0 Å². The molecule has 1 saturated carbocycles. The average molecular weight is 332 g/mol. The lowest BCUT2D eigenvalue weighted by molar-refractivity contribution is -0.143. The number of amides is 2. The zero-order valence-corrected chi connectivity index (χ0v) is 14.9. The van der Waals surface area contributed by atoms with Crippen LogP contribution in [0.5, 0.6) is 5.75 Å². The molecular formula is C19H28N2O3. The van der Waals surface area contributed by atoms with E-state index in [1.165, 1.54) is 0 Å². The van der Waals surface area contributed by atoms with E-state index >= 15 is 0 Å². The summed E-state index contributed by atoms with van der Waals surface area (Å²) in [6, 6.07) is 7.79. The molecule has 1 aliphatic rings. The molecule has 0 aromatic heterocycles. The fourth-order valence-corrected chi connectivity index (χ4v) is 2.81. The monoisotopic (exact) mass is 332 g/mol. The molecule has 5 heteroatoms. The summed E-state index contributed by atoms with van der Waals surface area (Å²) < 4.78 is 5.13. The van der Waals surface area contributed by atoms with Gasteiger partial charge in [0, 0.05) is 20.1 Å². The number of carbonyl (C=O) groups is 2. The number of carbonyl (C=O) groups excluding carboxylic acids is 2. The van der Waals surface area contributed by atoms with Crippen LogP contribution in [0.15, 0.2) is 24.3 Å². The van der Waals surface area contributed by atoms with Gasteiger partial charge in [-0.1, -0.05) is 25.5 Å². The molecule has 0 radical (unpaired) electrons. The molecule has 0 aliphatic heterocycles. The summed E-state index contributed by atoms with van der Waals surface area (Å²) in [7, 11) is 3.43. The first-order valence-corrected chi connectivity index (χ1v) is 8.70. The van der Waals surface area contributed by atoms with E-state index in [2.05, 4.69) is 12.2 Å². The van der Waals surface area contributed by atoms with Gasteiger partial charge in [0.05, 0.1) is 7.11 Å². The molecular weight excluding hydrogens is 304 g/mol. The Hall–Kier alpha value is -2.04. The lowest BCUT2D eigenvalue weighted by Crippen LogP contribution is -2.44. The van der Waals surface area contributed by atoms with Crippen LogP contribution < -0.4 is 10.1 Å². The van der Waals surface area contributed by atoms with Gasteiger partial charge < -0.3 is 15.0 Å². The molecule has 1 fully saturated rings. The van der Waals surface area contributed by atoms with Crippen LogP contribution in [-0.2, 0) is 16.0 Å². The predicted octanol–water partition coefficient (Wildman–Crippen LogP) is 2.39. The summed E-state index contributed by atoms with van der Waals surface area (Å²) in [4.78, 5) is 26.7. The largest absolute Gasteiger partial charge is 0.497 e. The van der Waals surface area contributed by atoms with Crippen LogP contribution in [0.25, 0.3) is 0 Å². The Kier molecular flexibility index (Phi) is 6.23. The molecule has 0 bridgehead atoms. The summed E-state index contributed by atoms with van der Waals surface area (Å²) in [5.41, 5.74) is 0.329. The van der Waals surface area contributed by atoms with E-state index in [1.807, 2.05) is 24.3 Å². The average Bonchev–Trinajstić information content (AvgIpc) is 3.41. The van der Waals surface area contributed by atoms with Crippen molar-refractivity contribution in [3.63, 3.8) is 0 Å². The van der Waals surface area contributed by atoms with Crippen LogP contribution >= 0.6 is 0 Å². The first kappa shape index (κ1) is 18.3. The smallest absolute Gasteiger partial charge is 0.238 e. The van der Waals surface area contributed by atoms with E-state index in [4.69, 9.17) is 4.74 Å². The SMILES string of the molecule is CCCCN(C)C(=O)C1(C(=O)NCCc2ccc(OC)cc2)CC1. The third-order valence-electron chi connectivity index (χ3n) is 4.65. The van der Waals surface area contributed by atoms with Crippen molar-refractivity contribution in [1.82, 2.24) is 10.2 Å². The molecule has 2 rings (SSSR count). The van der Waals surface area contributed by atoms with Gasteiger partial charge in [-0.25, -0.2) is 0 Å². The van der Waals surface area contributed by atoms with Gasteiger partial charge >= 0.3 is 0 Å². The van der Waals surface area contributed by atoms with Crippen LogP contribution in [0.4, 0.5) is 0 Å². The standard InChI is InChI=1S/C19H28N2O3/c1-4-5-14-21(2)18(23)19(11-12-19)17(22)20-13-10-15-6-8-16(24-3)9-7-15/h6-9H,4-5,10-14H2,1-3H3,(H,20,22). The third kappa shape index (κ3) is 4.28. The van der Waals surface area contributed by atoms with Gasteiger partial charge in [0.1, 0.15) is 11.2 Å². The molecule has 5 nitrogen and oxygen atoms in total. The Balaban J connectivity index is 1.81. The van der Waals surface area contributed by atoms with Crippen molar-refractivity contribution >= 4 is 11.8 Å². The highest BCUT2D eigenvalue weighted by molar-refractivity contribution is 6.07. The van der Waals surface area contributed by atoms with E-state index in [0.29, 0.717) is 19.4 Å². The van der Waals surface area contributed by atoms with Gasteiger partial charge in [-0.2, -0.15) is 0 Å². The van der Waals surface area contributed by atoms with Gasteiger partial charge in [-0.3, -0.25) is 9.59 Å². The fourth-order valence-electron chi connectivity index (χ4n) is 2.81. The number of ether oxygens (including phenoxy) is 1. The number of hydrogen-bond donors (Lipinski definition) is 1. The van der Waals surface area contributed by atoms with Crippen LogP contribution in [0.1, 0.15) is 38.2 Å². The number of nitrogens with zero attached hydrogens (tertiary/aromatic N) is 1. The van der Waals surface area contributed by atoms with E-state index < -0.39 is 5.41 Å². The first-order chi connectivity index (χ1) is 11.5. The number of unbranched alkanes of at least 4 members (excludes halogenated alkanes) is 1. The van der Waals surface area contributed by atoms with Crippen LogP contribution in [0.3, 0.4) is 0 Å². The van der Waals surface area contributed by atoms with Gasteiger partial charge in [0.15, 0.2) is 0 Å². The van der Waals surface area contributed by atoms with Crippen LogP contribution in [0, 0.1) is 5.41 Å². The summed E-state index contributed by atoms with van der Waals surface area (Å²) >= 11 is 0. The second-order valence-corrected chi connectivity index (χ2v) is 6.52. The van der Waals surface area contributed by atoms with E-state index in [9.17, 15) is 9.59 Å². The Bertz CT molecular complexity index is 564. The molecule has 1 N–H and O–H groups in total. The Labute approximate surface area is 144 Å². The van der Waals surface area contributed by atoms with Crippen molar-refractivity contribution < 1.29 is 14.3 Å². The molecule has 1 aliphatic carbocycles. The molecule has 1 aromatic rings. The van der Waals surface area contributed by atoms with Crippen molar-refractivity contribution in [3.05, 3.63) is 29.8 Å². The minimum atomic E-state index is -0.803. The quantitative estimate of drug-likeness (QED) is 0.707. The molecule has 0 saturated heterocycles. The van der Waals surface area contributed by atoms with Gasteiger partial charge in [-0.15, -0.1) is 0 Å². The summed E-state index contributed by atoms with van der Waals surface area (Å²) in [6.07, 6.45) is 4.08. The van der Waals surface area contributed by atoms with Crippen molar-refractivity contribution in [2.75, 3.05) is 27.2 Å². The number of benzene rings is 1. The molecule has 0 spiro atoms. The minimum Gasteiger partial charge on any atom is -0.497 e. The fraction of sp³-hybridized carbons (Fsp3) is 0.579. The number of nitrogens with one attached hydrogen (secondary N) is 1. The highest BCUT2D eigenvalue weighted by Crippen LogP contribution is 2.47. The Morgan fingerprint density at radius 2 is 1.92 bits per heavy atom. The van der Waals surface area contributed by atoms with E-state index in [0.717, 1.165) is 37.1 Å². The maximum absolute atomic E-state index is 12.5.